The predicted molar refractivity (Wildman–Crippen MR) is 101 cm³/mol. The molecule has 0 aromatic rings. The second kappa shape index (κ2) is 11.2. The monoisotopic (exact) mass is 504 g/mol. The Balaban J connectivity index is 1.69. The van der Waals surface area contributed by atoms with Gasteiger partial charge in [0.25, 0.3) is 0 Å². The number of rotatable bonds is 8. The maximum Gasteiger partial charge on any atom is 0.224 e. The van der Waals surface area contributed by atoms with E-state index < -0.39 is 112 Å². The molecule has 3 rings (SSSR count). The van der Waals surface area contributed by atoms with E-state index in [9.17, 15) is 56.2 Å². The summed E-state index contributed by atoms with van der Waals surface area (Å²) in [6.07, 6.45) is -21.8. The van der Waals surface area contributed by atoms with Gasteiger partial charge in [0.2, 0.25) is 5.79 Å². The summed E-state index contributed by atoms with van der Waals surface area (Å²) in [6, 6.07) is 0. The summed E-state index contributed by atoms with van der Waals surface area (Å²) in [4.78, 5) is 0. The van der Waals surface area contributed by atoms with Crippen LogP contribution in [0.4, 0.5) is 0 Å². The molecule has 0 radical (unpaired) electrons. The smallest absolute Gasteiger partial charge is 0.224 e. The summed E-state index contributed by atoms with van der Waals surface area (Å²) in [7, 11) is 0. The largest absolute Gasteiger partial charge is 0.394 e. The summed E-state index contributed by atoms with van der Waals surface area (Å²) in [5.41, 5.74) is 0. The van der Waals surface area contributed by atoms with Gasteiger partial charge in [-0.1, -0.05) is 0 Å². The van der Waals surface area contributed by atoms with E-state index in [2.05, 4.69) is 0 Å². The maximum atomic E-state index is 10.3. The van der Waals surface area contributed by atoms with Gasteiger partial charge >= 0.3 is 0 Å². The fourth-order valence-corrected chi connectivity index (χ4v) is 4.01. The van der Waals surface area contributed by atoms with Gasteiger partial charge in [0.1, 0.15) is 73.8 Å². The Labute approximate surface area is 192 Å². The third kappa shape index (κ3) is 5.09. The normalized spacial score (nSPS) is 52.1. The van der Waals surface area contributed by atoms with E-state index in [1.165, 1.54) is 0 Å². The molecule has 0 aliphatic carbocycles. The molecule has 3 saturated heterocycles. The van der Waals surface area contributed by atoms with Crippen molar-refractivity contribution < 1.29 is 79.9 Å². The molecule has 14 atom stereocenters. The molecule has 11 N–H and O–H groups in total. The summed E-state index contributed by atoms with van der Waals surface area (Å²) in [5, 5.41) is 109. The van der Waals surface area contributed by atoms with Gasteiger partial charge in [0.05, 0.1) is 19.8 Å². The van der Waals surface area contributed by atoms with Gasteiger partial charge in [0.15, 0.2) is 12.6 Å². The first-order valence-corrected chi connectivity index (χ1v) is 10.6. The Hall–Kier alpha value is -0.640. The molecule has 200 valence electrons. The second-order valence-electron chi connectivity index (χ2n) is 8.41. The van der Waals surface area contributed by atoms with Crippen LogP contribution < -0.4 is 0 Å². The first-order chi connectivity index (χ1) is 16.0. The zero-order valence-corrected chi connectivity index (χ0v) is 17.8. The average Bonchev–Trinajstić information content (AvgIpc) is 3.08. The van der Waals surface area contributed by atoms with Crippen molar-refractivity contribution >= 4 is 0 Å². The number of hydrogen-bond acceptors (Lipinski definition) is 16. The summed E-state index contributed by atoms with van der Waals surface area (Å²) in [6.45, 7) is -3.14. The second-order valence-corrected chi connectivity index (χ2v) is 8.41. The Kier molecular flexibility index (Phi) is 9.18. The minimum Gasteiger partial charge on any atom is -0.394 e. The SMILES string of the molecule is OCC1O[C@H](OCC2O[C@H](O[C@]3(CO)O[C@@H](CO)[C@@H](O)C3O)C(O)C(O)[C@@H]2O)C(O)C(O)[C@H]1O. The molecule has 0 spiro atoms. The van der Waals surface area contributed by atoms with Gasteiger partial charge in [-0.25, -0.2) is 0 Å². The first-order valence-electron chi connectivity index (χ1n) is 10.6. The third-order valence-corrected chi connectivity index (χ3v) is 6.16. The molecular weight excluding hydrogens is 472 g/mol. The van der Waals surface area contributed by atoms with E-state index in [4.69, 9.17) is 23.7 Å². The molecule has 3 aliphatic rings. The molecule has 0 bridgehead atoms. The van der Waals surface area contributed by atoms with Gasteiger partial charge in [-0.2, -0.15) is 0 Å². The van der Waals surface area contributed by atoms with E-state index in [1.807, 2.05) is 0 Å². The summed E-state index contributed by atoms with van der Waals surface area (Å²) >= 11 is 0. The van der Waals surface area contributed by atoms with Gasteiger partial charge < -0.3 is 79.9 Å². The lowest BCUT2D eigenvalue weighted by Crippen LogP contribution is -2.63. The van der Waals surface area contributed by atoms with E-state index in [-0.39, 0.29) is 0 Å². The predicted octanol–water partition coefficient (Wildman–Crippen LogP) is -7.57. The van der Waals surface area contributed by atoms with Crippen LogP contribution in [0.1, 0.15) is 0 Å². The quantitative estimate of drug-likeness (QED) is 0.146. The highest BCUT2D eigenvalue weighted by molar-refractivity contribution is 4.98. The van der Waals surface area contributed by atoms with Crippen molar-refractivity contribution in [1.29, 1.82) is 0 Å². The highest BCUT2D eigenvalue weighted by Crippen LogP contribution is 2.36. The van der Waals surface area contributed by atoms with Crippen LogP contribution in [0.25, 0.3) is 0 Å². The van der Waals surface area contributed by atoms with Crippen LogP contribution >= 0.6 is 0 Å². The number of aliphatic hydroxyl groups excluding tert-OH is 11. The van der Waals surface area contributed by atoms with Gasteiger partial charge in [-0.15, -0.1) is 0 Å². The Morgan fingerprint density at radius 2 is 1.12 bits per heavy atom. The molecule has 0 saturated carbocycles. The van der Waals surface area contributed by atoms with Crippen molar-refractivity contribution in [2.75, 3.05) is 26.4 Å². The Morgan fingerprint density at radius 3 is 1.65 bits per heavy atom. The maximum absolute atomic E-state index is 10.3. The number of hydrogen-bond donors (Lipinski definition) is 11. The van der Waals surface area contributed by atoms with E-state index in [0.29, 0.717) is 0 Å². The minimum atomic E-state index is -2.36. The van der Waals surface area contributed by atoms with Gasteiger partial charge in [-0.05, 0) is 0 Å². The molecule has 16 heteroatoms. The molecule has 34 heavy (non-hydrogen) atoms. The van der Waals surface area contributed by atoms with Crippen LogP contribution in [0.5, 0.6) is 0 Å². The molecule has 3 fully saturated rings. The molecule has 7 unspecified atom stereocenters. The highest BCUT2D eigenvalue weighted by atomic mass is 16.8. The van der Waals surface area contributed by atoms with Crippen LogP contribution in [-0.4, -0.2) is 168 Å². The lowest BCUT2D eigenvalue weighted by atomic mass is 9.98. The average molecular weight is 504 g/mol. The van der Waals surface area contributed by atoms with Crippen LogP contribution in [0.15, 0.2) is 0 Å². The number of aliphatic hydroxyl groups is 11. The van der Waals surface area contributed by atoms with Gasteiger partial charge in [0, 0.05) is 0 Å². The molecular formula is C18H32O16. The molecule has 0 aromatic carbocycles. The summed E-state index contributed by atoms with van der Waals surface area (Å²) in [5.74, 6) is -2.36. The van der Waals surface area contributed by atoms with Crippen molar-refractivity contribution in [3.63, 3.8) is 0 Å². The van der Waals surface area contributed by atoms with Crippen molar-refractivity contribution in [1.82, 2.24) is 0 Å². The third-order valence-electron chi connectivity index (χ3n) is 6.16. The number of ether oxygens (including phenoxy) is 5. The molecule has 3 aliphatic heterocycles. The molecule has 0 amide bonds. The van der Waals surface area contributed by atoms with Crippen LogP contribution in [-0.2, 0) is 23.7 Å². The topological polar surface area (TPSA) is 269 Å². The summed E-state index contributed by atoms with van der Waals surface area (Å²) < 4.78 is 26.4. The first kappa shape index (κ1) is 27.9. The molecule has 16 nitrogen and oxygen atoms in total. The lowest BCUT2D eigenvalue weighted by Gasteiger charge is -2.44. The van der Waals surface area contributed by atoms with E-state index in [0.717, 1.165) is 0 Å². The van der Waals surface area contributed by atoms with Crippen LogP contribution in [0, 0.1) is 0 Å². The molecule has 3 heterocycles. The van der Waals surface area contributed by atoms with E-state index >= 15 is 0 Å². The van der Waals surface area contributed by atoms with Crippen molar-refractivity contribution in [2.24, 2.45) is 0 Å². The minimum absolute atomic E-state index is 0.634. The molecule has 0 aromatic heterocycles. The van der Waals surface area contributed by atoms with Gasteiger partial charge in [-0.3, -0.25) is 0 Å². The van der Waals surface area contributed by atoms with Crippen molar-refractivity contribution in [3.8, 4) is 0 Å². The van der Waals surface area contributed by atoms with Crippen molar-refractivity contribution in [2.45, 2.75) is 85.5 Å². The van der Waals surface area contributed by atoms with E-state index in [1.54, 1.807) is 0 Å². The zero-order chi connectivity index (χ0) is 25.4. The van der Waals surface area contributed by atoms with Crippen LogP contribution in [0.2, 0.25) is 0 Å². The van der Waals surface area contributed by atoms with Crippen LogP contribution in [0.3, 0.4) is 0 Å². The standard InChI is InChI=1S/C18H32O16/c19-1-5-8(22)11(25)13(27)16(31-5)30-3-7-9(23)12(26)14(28)17(32-7)34-18(4-21)15(29)10(24)6(2-20)33-18/h5-17,19-29H,1-4H2/t5?,6-,7?,8-,9+,10+,11?,12?,13?,14?,15?,16-,17+,18-/m0/s1. The fourth-order valence-electron chi connectivity index (χ4n) is 4.01. The Morgan fingerprint density at radius 1 is 0.588 bits per heavy atom. The zero-order valence-electron chi connectivity index (χ0n) is 17.8. The Bertz CT molecular complexity index is 653. The fraction of sp³-hybridized carbons (Fsp3) is 1.00. The van der Waals surface area contributed by atoms with Crippen molar-refractivity contribution in [3.05, 3.63) is 0 Å². The highest BCUT2D eigenvalue weighted by Gasteiger charge is 2.58. The lowest BCUT2D eigenvalue weighted by molar-refractivity contribution is -0.388.